The van der Waals surface area contributed by atoms with Crippen LogP contribution in [0.15, 0.2) is 64.4 Å². The lowest BCUT2D eigenvalue weighted by Crippen LogP contribution is -2.43. The fourth-order valence-electron chi connectivity index (χ4n) is 4.20. The molecule has 0 bridgehead atoms. The first kappa shape index (κ1) is 26.3. The number of hydrogen-bond acceptors (Lipinski definition) is 5. The summed E-state index contributed by atoms with van der Waals surface area (Å²) in [5.74, 6) is -1.48. The van der Waals surface area contributed by atoms with Crippen molar-refractivity contribution in [1.29, 1.82) is 0 Å². The molecule has 1 N–H and O–H groups in total. The van der Waals surface area contributed by atoms with E-state index in [9.17, 15) is 34.8 Å². The maximum Gasteiger partial charge on any atom is 0.416 e. The van der Waals surface area contributed by atoms with Crippen LogP contribution in [0.3, 0.4) is 0 Å². The molecule has 4 rings (SSSR count). The summed E-state index contributed by atoms with van der Waals surface area (Å²) >= 11 is 0. The number of halogens is 6. The number of hydrazone groups is 1. The molecule has 1 heterocycles. The minimum Gasteiger partial charge on any atom is -0.441 e. The van der Waals surface area contributed by atoms with Gasteiger partial charge in [0.1, 0.15) is 5.75 Å². The summed E-state index contributed by atoms with van der Waals surface area (Å²) in [6, 6.07) is 4.24. The summed E-state index contributed by atoms with van der Waals surface area (Å²) in [6.45, 7) is 2.32. The third-order valence-corrected chi connectivity index (χ3v) is 7.40. The van der Waals surface area contributed by atoms with E-state index in [1.165, 1.54) is 12.1 Å². The molecule has 196 valence electrons. The lowest BCUT2D eigenvalue weighted by molar-refractivity contribution is -0.137. The van der Waals surface area contributed by atoms with Crippen LogP contribution in [-0.2, 0) is 16.2 Å². The SMILES string of the molecule is CCN1N=C(Oc2ccc(C(F)(F)F)cc2)C/C1=C1/C=CC=C(C2(NS(=O)(=O)CC(F)(F)F)CC2)C1. The van der Waals surface area contributed by atoms with Gasteiger partial charge >= 0.3 is 12.4 Å². The van der Waals surface area contributed by atoms with Crippen LogP contribution in [-0.4, -0.2) is 43.3 Å². The van der Waals surface area contributed by atoms with Crippen molar-refractivity contribution in [3.8, 4) is 5.75 Å². The summed E-state index contributed by atoms with van der Waals surface area (Å²) in [5, 5.41) is 6.07. The standard InChI is InChI=1S/C23H23F6N3O3S/c1-2-32-19(13-20(30-32)35-18-8-6-16(7-9-18)23(27,28)29)15-4-3-5-17(12-15)21(10-11-21)31-36(33,34)14-22(24,25)26/h3-9,31H,2,10-14H2,1H3/b19-15+. The highest BCUT2D eigenvalue weighted by Crippen LogP contribution is 2.47. The zero-order chi connectivity index (χ0) is 26.4. The second-order valence-electron chi connectivity index (χ2n) is 8.77. The number of hydrogen-bond donors (Lipinski definition) is 1. The molecule has 1 fully saturated rings. The minimum absolute atomic E-state index is 0.194. The third-order valence-electron chi connectivity index (χ3n) is 5.99. The van der Waals surface area contributed by atoms with Gasteiger partial charge in [0.05, 0.1) is 17.5 Å². The van der Waals surface area contributed by atoms with E-state index >= 15 is 0 Å². The van der Waals surface area contributed by atoms with E-state index in [0.717, 1.165) is 23.4 Å². The Morgan fingerprint density at radius 2 is 1.75 bits per heavy atom. The second kappa shape index (κ2) is 9.25. The number of ether oxygens (including phenoxy) is 1. The van der Waals surface area contributed by atoms with E-state index in [-0.39, 0.29) is 18.1 Å². The molecule has 0 saturated heterocycles. The van der Waals surface area contributed by atoms with Crippen LogP contribution in [0.2, 0.25) is 0 Å². The molecular weight excluding hydrogens is 512 g/mol. The Hall–Kier alpha value is -2.80. The molecule has 2 aliphatic carbocycles. The summed E-state index contributed by atoms with van der Waals surface area (Å²) < 4.78 is 108. The summed E-state index contributed by atoms with van der Waals surface area (Å²) in [6.07, 6.45) is -2.74. The largest absolute Gasteiger partial charge is 0.441 e. The molecule has 1 aromatic rings. The molecule has 0 unspecified atom stereocenters. The third kappa shape index (κ3) is 6.12. The van der Waals surface area contributed by atoms with Gasteiger partial charge in [-0.2, -0.15) is 26.3 Å². The van der Waals surface area contributed by atoms with E-state index in [2.05, 4.69) is 9.82 Å². The topological polar surface area (TPSA) is 71.0 Å². The normalized spacial score (nSPS) is 21.9. The van der Waals surface area contributed by atoms with Crippen molar-refractivity contribution >= 4 is 15.9 Å². The van der Waals surface area contributed by atoms with Gasteiger partial charge in [-0.15, -0.1) is 5.10 Å². The first-order valence-corrected chi connectivity index (χ1v) is 12.7. The molecule has 6 nitrogen and oxygen atoms in total. The van der Waals surface area contributed by atoms with Gasteiger partial charge in [-0.3, -0.25) is 5.01 Å². The Balaban J connectivity index is 1.48. The minimum atomic E-state index is -4.85. The number of benzene rings is 1. The first-order chi connectivity index (χ1) is 16.7. The van der Waals surface area contributed by atoms with Crippen molar-refractivity contribution < 1.29 is 39.5 Å². The fourth-order valence-corrected chi connectivity index (χ4v) is 5.64. The molecule has 0 aromatic heterocycles. The number of nitrogens with one attached hydrogen (secondary N) is 1. The van der Waals surface area contributed by atoms with Crippen LogP contribution in [0.4, 0.5) is 26.3 Å². The molecule has 1 aromatic carbocycles. The van der Waals surface area contributed by atoms with Crippen LogP contribution in [0.1, 0.15) is 38.2 Å². The molecule has 13 heteroatoms. The van der Waals surface area contributed by atoms with Crippen molar-refractivity contribution in [3.63, 3.8) is 0 Å². The average molecular weight is 536 g/mol. The van der Waals surface area contributed by atoms with Crippen molar-refractivity contribution in [2.24, 2.45) is 5.10 Å². The lowest BCUT2D eigenvalue weighted by Gasteiger charge is -2.25. The summed E-state index contributed by atoms with van der Waals surface area (Å²) in [5.41, 5.74) is 0.372. The fraction of sp³-hybridized carbons (Fsp3) is 0.435. The van der Waals surface area contributed by atoms with Gasteiger partial charge in [0.2, 0.25) is 15.9 Å². The van der Waals surface area contributed by atoms with Gasteiger partial charge < -0.3 is 4.74 Å². The van der Waals surface area contributed by atoms with Gasteiger partial charge in [-0.05, 0) is 61.6 Å². The van der Waals surface area contributed by atoms with Gasteiger partial charge in [0, 0.05) is 12.2 Å². The van der Waals surface area contributed by atoms with Crippen LogP contribution < -0.4 is 9.46 Å². The Bertz CT molecular complexity index is 1240. The highest BCUT2D eigenvalue weighted by Gasteiger charge is 2.50. The summed E-state index contributed by atoms with van der Waals surface area (Å²) in [7, 11) is -4.57. The smallest absolute Gasteiger partial charge is 0.416 e. The second-order valence-corrected chi connectivity index (χ2v) is 10.5. The van der Waals surface area contributed by atoms with Crippen LogP contribution in [0.5, 0.6) is 5.75 Å². The van der Waals surface area contributed by atoms with Crippen molar-refractivity contribution in [3.05, 3.63) is 64.9 Å². The maximum atomic E-state index is 12.8. The van der Waals surface area contributed by atoms with E-state index in [1.807, 2.05) is 13.0 Å². The predicted molar refractivity (Wildman–Crippen MR) is 120 cm³/mol. The van der Waals surface area contributed by atoms with E-state index in [0.29, 0.717) is 31.4 Å². The predicted octanol–water partition coefficient (Wildman–Crippen LogP) is 5.28. The Morgan fingerprint density at radius 1 is 1.08 bits per heavy atom. The molecule has 1 saturated carbocycles. The number of sulfonamides is 1. The van der Waals surface area contributed by atoms with Gasteiger partial charge in [0.15, 0.2) is 5.75 Å². The van der Waals surface area contributed by atoms with E-state index in [4.69, 9.17) is 4.74 Å². The zero-order valence-electron chi connectivity index (χ0n) is 19.1. The Kier molecular flexibility index (Phi) is 6.75. The molecule has 0 atom stereocenters. The van der Waals surface area contributed by atoms with Crippen LogP contribution >= 0.6 is 0 Å². The quantitative estimate of drug-likeness (QED) is 0.504. The number of nitrogens with zero attached hydrogens (tertiary/aromatic N) is 2. The molecule has 1 aliphatic heterocycles. The molecule has 36 heavy (non-hydrogen) atoms. The lowest BCUT2D eigenvalue weighted by atomic mass is 9.91. The number of allylic oxidation sites excluding steroid dienone is 4. The van der Waals surface area contributed by atoms with Crippen molar-refractivity contribution in [2.45, 2.75) is 50.5 Å². The van der Waals surface area contributed by atoms with E-state index < -0.39 is 39.2 Å². The van der Waals surface area contributed by atoms with Crippen LogP contribution in [0.25, 0.3) is 0 Å². The molecule has 3 aliphatic rings. The molecule has 0 spiro atoms. The molecular formula is C23H23F6N3O3S. The highest BCUT2D eigenvalue weighted by molar-refractivity contribution is 7.89. The number of rotatable bonds is 6. The van der Waals surface area contributed by atoms with Crippen molar-refractivity contribution in [1.82, 2.24) is 9.73 Å². The van der Waals surface area contributed by atoms with Gasteiger partial charge in [-0.25, -0.2) is 13.1 Å². The zero-order valence-corrected chi connectivity index (χ0v) is 19.9. The number of alkyl halides is 6. The monoisotopic (exact) mass is 535 g/mol. The maximum absolute atomic E-state index is 12.8. The molecule has 0 amide bonds. The highest BCUT2D eigenvalue weighted by atomic mass is 32.2. The molecule has 0 radical (unpaired) electrons. The first-order valence-electron chi connectivity index (χ1n) is 11.1. The van der Waals surface area contributed by atoms with Gasteiger partial charge in [-0.1, -0.05) is 18.2 Å². The Morgan fingerprint density at radius 3 is 2.31 bits per heavy atom. The van der Waals surface area contributed by atoms with E-state index in [1.54, 1.807) is 17.2 Å². The van der Waals surface area contributed by atoms with Crippen molar-refractivity contribution in [2.75, 3.05) is 12.3 Å². The van der Waals surface area contributed by atoms with Gasteiger partial charge in [0.25, 0.3) is 0 Å². The Labute approximate surface area is 204 Å². The average Bonchev–Trinajstić information content (AvgIpc) is 3.41. The van der Waals surface area contributed by atoms with Crippen LogP contribution in [0, 0.1) is 0 Å². The summed E-state index contributed by atoms with van der Waals surface area (Å²) in [4.78, 5) is 0.